The lowest BCUT2D eigenvalue weighted by Gasteiger charge is -2.00. The second-order valence-corrected chi connectivity index (χ2v) is 5.99. The number of hydrogen-bond acceptors (Lipinski definition) is 8. The molecule has 3 rings (SSSR count). The van der Waals surface area contributed by atoms with E-state index >= 15 is 0 Å². The molecule has 2 N–H and O–H groups in total. The van der Waals surface area contributed by atoms with Gasteiger partial charge in [0, 0.05) is 29.4 Å². The van der Waals surface area contributed by atoms with Crippen molar-refractivity contribution < 1.29 is 9.59 Å². The van der Waals surface area contributed by atoms with E-state index in [1.807, 2.05) is 0 Å². The smallest absolute Gasteiger partial charge is 0.295 e. The second-order valence-electron chi connectivity index (χ2n) is 4.23. The number of nitrogens with one attached hydrogen (secondary N) is 2. The summed E-state index contributed by atoms with van der Waals surface area (Å²) in [6.07, 6.45) is 4.69. The number of anilines is 2. The van der Waals surface area contributed by atoms with Crippen LogP contribution in [0.15, 0.2) is 35.4 Å². The largest absolute Gasteiger partial charge is 0.302 e. The number of carbonyl (C=O) groups is 2. The monoisotopic (exact) mass is 346 g/mol. The maximum Gasteiger partial charge on any atom is 0.295 e. The van der Waals surface area contributed by atoms with Gasteiger partial charge in [-0.15, -0.1) is 22.7 Å². The Balaban J connectivity index is 1.57. The van der Waals surface area contributed by atoms with Crippen LogP contribution in [-0.4, -0.2) is 31.8 Å². The summed E-state index contributed by atoms with van der Waals surface area (Å²) in [5.74, 6) is -0.598. The van der Waals surface area contributed by atoms with E-state index in [1.54, 1.807) is 23.0 Å². The minimum absolute atomic E-state index is 0.0609. The summed E-state index contributed by atoms with van der Waals surface area (Å²) in [4.78, 5) is 39.6. The van der Waals surface area contributed by atoms with Gasteiger partial charge < -0.3 is 5.32 Å². The number of thiazole rings is 2. The van der Waals surface area contributed by atoms with E-state index in [2.05, 4.69) is 30.6 Å². The van der Waals surface area contributed by atoms with Gasteiger partial charge in [-0.25, -0.2) is 19.9 Å². The predicted molar refractivity (Wildman–Crippen MR) is 86.5 cm³/mol. The molecule has 23 heavy (non-hydrogen) atoms. The Labute approximate surface area is 138 Å². The van der Waals surface area contributed by atoms with Crippen molar-refractivity contribution in [3.05, 3.63) is 46.9 Å². The van der Waals surface area contributed by atoms with Gasteiger partial charge in [0.15, 0.2) is 10.3 Å². The summed E-state index contributed by atoms with van der Waals surface area (Å²) < 4.78 is 0. The van der Waals surface area contributed by atoms with Gasteiger partial charge in [-0.05, 0) is 6.07 Å². The van der Waals surface area contributed by atoms with E-state index < -0.39 is 5.91 Å². The van der Waals surface area contributed by atoms with E-state index in [4.69, 9.17) is 0 Å². The van der Waals surface area contributed by atoms with Crippen molar-refractivity contribution in [2.75, 3.05) is 10.6 Å². The third kappa shape index (κ3) is 4.14. The van der Waals surface area contributed by atoms with Crippen LogP contribution in [0, 0.1) is 0 Å². The van der Waals surface area contributed by atoms with Crippen molar-refractivity contribution in [1.82, 2.24) is 19.9 Å². The molecule has 0 unspecified atom stereocenters. The van der Waals surface area contributed by atoms with Gasteiger partial charge in [0.05, 0.1) is 12.1 Å². The SMILES string of the molecule is O=C(Cc1csc(NC(=O)c2ncccn2)n1)Nc1nccs1. The molecule has 0 aliphatic rings. The lowest BCUT2D eigenvalue weighted by Crippen LogP contribution is -2.16. The molecule has 3 aromatic rings. The zero-order chi connectivity index (χ0) is 16.1. The zero-order valence-electron chi connectivity index (χ0n) is 11.6. The molecule has 8 nitrogen and oxygen atoms in total. The van der Waals surface area contributed by atoms with Gasteiger partial charge in [-0.1, -0.05) is 0 Å². The van der Waals surface area contributed by atoms with Crippen molar-refractivity contribution in [2.45, 2.75) is 6.42 Å². The molecule has 2 amide bonds. The fourth-order valence-corrected chi connectivity index (χ4v) is 2.88. The van der Waals surface area contributed by atoms with Crippen LogP contribution >= 0.6 is 22.7 Å². The highest BCUT2D eigenvalue weighted by Gasteiger charge is 2.13. The first kappa shape index (κ1) is 15.2. The Morgan fingerprint density at radius 1 is 1.00 bits per heavy atom. The normalized spacial score (nSPS) is 10.3. The fraction of sp³-hybridized carbons (Fsp3) is 0.0769. The van der Waals surface area contributed by atoms with Crippen LogP contribution < -0.4 is 10.6 Å². The standard InChI is InChI=1S/C13H10N6O2S2/c20-9(18-12-16-4-5-22-12)6-8-7-23-13(17-8)19-11(21)10-14-2-1-3-15-10/h1-5,7H,6H2,(H,16,18,20)(H,17,19,21). The number of aromatic nitrogens is 4. The maximum atomic E-state index is 11.9. The van der Waals surface area contributed by atoms with E-state index in [0.29, 0.717) is 16.0 Å². The molecule has 10 heteroatoms. The van der Waals surface area contributed by atoms with Crippen LogP contribution in [0.25, 0.3) is 0 Å². The number of nitrogens with zero attached hydrogens (tertiary/aromatic N) is 4. The number of rotatable bonds is 5. The van der Waals surface area contributed by atoms with E-state index in [0.717, 1.165) is 0 Å². The van der Waals surface area contributed by atoms with Gasteiger partial charge in [0.25, 0.3) is 5.91 Å². The molecule has 0 spiro atoms. The highest BCUT2D eigenvalue weighted by atomic mass is 32.1. The van der Waals surface area contributed by atoms with Crippen molar-refractivity contribution >= 4 is 44.8 Å². The number of carbonyl (C=O) groups excluding carboxylic acids is 2. The van der Waals surface area contributed by atoms with Crippen LogP contribution in [0.4, 0.5) is 10.3 Å². The molecule has 0 fully saturated rings. The third-order valence-corrected chi connectivity index (χ3v) is 4.06. The van der Waals surface area contributed by atoms with Crippen molar-refractivity contribution in [3.63, 3.8) is 0 Å². The molecule has 0 radical (unpaired) electrons. The molecule has 0 saturated carbocycles. The molecule has 0 atom stereocenters. The summed E-state index contributed by atoms with van der Waals surface area (Å²) in [5.41, 5.74) is 0.563. The van der Waals surface area contributed by atoms with Gasteiger partial charge in [-0.2, -0.15) is 0 Å². The van der Waals surface area contributed by atoms with Gasteiger partial charge in [-0.3, -0.25) is 14.9 Å². The lowest BCUT2D eigenvalue weighted by atomic mass is 10.3. The zero-order valence-corrected chi connectivity index (χ0v) is 13.2. The Morgan fingerprint density at radius 3 is 2.57 bits per heavy atom. The van der Waals surface area contributed by atoms with Crippen molar-refractivity contribution in [3.8, 4) is 0 Å². The van der Waals surface area contributed by atoms with Crippen molar-refractivity contribution in [2.24, 2.45) is 0 Å². The quantitative estimate of drug-likeness (QED) is 0.729. The topological polar surface area (TPSA) is 110 Å². The summed E-state index contributed by atoms with van der Waals surface area (Å²) >= 11 is 2.57. The van der Waals surface area contributed by atoms with Crippen LogP contribution in [-0.2, 0) is 11.2 Å². The molecular weight excluding hydrogens is 336 g/mol. The molecule has 0 aliphatic carbocycles. The van der Waals surface area contributed by atoms with E-state index in [-0.39, 0.29) is 18.2 Å². The molecule has 3 heterocycles. The van der Waals surface area contributed by atoms with Crippen LogP contribution in [0.3, 0.4) is 0 Å². The van der Waals surface area contributed by atoms with E-state index in [9.17, 15) is 9.59 Å². The molecule has 3 aromatic heterocycles. The van der Waals surface area contributed by atoms with Gasteiger partial charge in [0.2, 0.25) is 11.7 Å². The number of amides is 2. The highest BCUT2D eigenvalue weighted by molar-refractivity contribution is 7.14. The van der Waals surface area contributed by atoms with Crippen LogP contribution in [0.1, 0.15) is 16.3 Å². The minimum atomic E-state index is -0.446. The van der Waals surface area contributed by atoms with Gasteiger partial charge >= 0.3 is 0 Å². The third-order valence-electron chi connectivity index (χ3n) is 2.56. The second kappa shape index (κ2) is 7.03. The highest BCUT2D eigenvalue weighted by Crippen LogP contribution is 2.17. The lowest BCUT2D eigenvalue weighted by molar-refractivity contribution is -0.115. The maximum absolute atomic E-state index is 11.9. The Kier molecular flexibility index (Phi) is 4.64. The Bertz CT molecular complexity index is 803. The predicted octanol–water partition coefficient (Wildman–Crippen LogP) is 1.82. The minimum Gasteiger partial charge on any atom is -0.302 e. The van der Waals surface area contributed by atoms with Crippen LogP contribution in [0.5, 0.6) is 0 Å². The molecule has 0 saturated heterocycles. The molecule has 0 aliphatic heterocycles. The average Bonchev–Trinajstić information content (AvgIpc) is 3.20. The molecule has 116 valence electrons. The van der Waals surface area contributed by atoms with Crippen molar-refractivity contribution in [1.29, 1.82) is 0 Å². The average molecular weight is 346 g/mol. The fourth-order valence-electron chi connectivity index (χ4n) is 1.63. The first-order valence-electron chi connectivity index (χ1n) is 6.43. The van der Waals surface area contributed by atoms with Gasteiger partial charge in [0.1, 0.15) is 0 Å². The van der Waals surface area contributed by atoms with E-state index in [1.165, 1.54) is 35.1 Å². The summed E-state index contributed by atoms with van der Waals surface area (Å²) in [6.45, 7) is 0. The molecular formula is C13H10N6O2S2. The first-order chi connectivity index (χ1) is 11.2. The number of hydrogen-bond donors (Lipinski definition) is 2. The molecule has 0 aromatic carbocycles. The molecule has 0 bridgehead atoms. The van der Waals surface area contributed by atoms with Crippen LogP contribution in [0.2, 0.25) is 0 Å². The Hall–Kier alpha value is -2.72. The summed E-state index contributed by atoms with van der Waals surface area (Å²) in [6, 6.07) is 1.62. The summed E-state index contributed by atoms with van der Waals surface area (Å²) in [7, 11) is 0. The Morgan fingerprint density at radius 2 is 1.83 bits per heavy atom. The summed E-state index contributed by atoms with van der Waals surface area (Å²) in [5, 5.41) is 9.69. The first-order valence-corrected chi connectivity index (χ1v) is 8.19.